The highest BCUT2D eigenvalue weighted by Crippen LogP contribution is 2.18. The number of aromatic nitrogens is 3. The normalized spacial score (nSPS) is 10.9. The zero-order valence-electron chi connectivity index (χ0n) is 15.7. The molecule has 4 rings (SSSR count). The van der Waals surface area contributed by atoms with Crippen LogP contribution in [0.5, 0.6) is 0 Å². The van der Waals surface area contributed by atoms with Gasteiger partial charge in [-0.05, 0) is 36.4 Å². The lowest BCUT2D eigenvalue weighted by molar-refractivity contribution is 0.0950. The highest BCUT2D eigenvalue weighted by Gasteiger charge is 2.14. The summed E-state index contributed by atoms with van der Waals surface area (Å²) in [5.74, 6) is -0.987. The van der Waals surface area contributed by atoms with Gasteiger partial charge in [-0.3, -0.25) is 14.6 Å². The van der Waals surface area contributed by atoms with Crippen molar-refractivity contribution in [3.8, 4) is 0 Å². The van der Waals surface area contributed by atoms with E-state index in [2.05, 4.69) is 15.4 Å². The first-order chi connectivity index (χ1) is 14.5. The molecule has 6 nitrogen and oxygen atoms in total. The number of carbonyl (C=O) groups excluding carboxylic acids is 1. The summed E-state index contributed by atoms with van der Waals surface area (Å²) in [6.45, 7) is 0.269. The number of hydrogen-bond donors (Lipinski definition) is 1. The molecule has 0 bridgehead atoms. The van der Waals surface area contributed by atoms with Crippen LogP contribution in [0, 0.1) is 5.82 Å². The van der Waals surface area contributed by atoms with Gasteiger partial charge in [-0.15, -0.1) is 0 Å². The quantitative estimate of drug-likeness (QED) is 0.533. The van der Waals surface area contributed by atoms with Gasteiger partial charge < -0.3 is 5.32 Å². The lowest BCUT2D eigenvalue weighted by atomic mass is 10.1. The maximum Gasteiger partial charge on any atom is 0.275 e. The Hall–Kier alpha value is -3.58. The lowest BCUT2D eigenvalue weighted by Gasteiger charge is -2.12. The van der Waals surface area contributed by atoms with Crippen LogP contribution in [-0.4, -0.2) is 20.7 Å². The zero-order valence-corrected chi connectivity index (χ0v) is 16.4. The third-order valence-electron chi connectivity index (χ3n) is 4.57. The molecular formula is C22H16ClFN4O2. The molecule has 0 aliphatic rings. The first-order valence-electron chi connectivity index (χ1n) is 9.15. The van der Waals surface area contributed by atoms with Gasteiger partial charge in [0, 0.05) is 11.6 Å². The molecule has 2 aromatic heterocycles. The Morgan fingerprint density at radius 2 is 1.83 bits per heavy atom. The molecule has 2 aromatic carbocycles. The van der Waals surface area contributed by atoms with E-state index in [1.165, 1.54) is 16.8 Å². The van der Waals surface area contributed by atoms with E-state index in [0.717, 1.165) is 6.07 Å². The molecule has 0 fully saturated rings. The number of benzene rings is 2. The average molecular weight is 423 g/mol. The molecule has 0 aliphatic carbocycles. The number of carbonyl (C=O) groups is 1. The number of hydrogen-bond acceptors (Lipinski definition) is 4. The fourth-order valence-corrected chi connectivity index (χ4v) is 3.37. The Bertz CT molecular complexity index is 1290. The van der Waals surface area contributed by atoms with Gasteiger partial charge in [0.2, 0.25) is 0 Å². The fraction of sp³-hybridized carbons (Fsp3) is 0.0909. The van der Waals surface area contributed by atoms with Crippen LogP contribution < -0.4 is 10.9 Å². The molecule has 8 heteroatoms. The maximum atomic E-state index is 13.2. The summed E-state index contributed by atoms with van der Waals surface area (Å²) in [6.07, 6.45) is 1.65. The standard InChI is InChI=1S/C22H16ClFN4O2/c23-19-11-14(24)8-9-18(19)21(29)26-12-20-16-6-1-2-7-17(16)22(30)28(27-20)13-15-5-3-4-10-25-15/h1-11H,12-13H2,(H,26,29). The van der Waals surface area contributed by atoms with Crippen LogP contribution in [0.15, 0.2) is 71.7 Å². The number of rotatable bonds is 5. The molecule has 4 aromatic rings. The van der Waals surface area contributed by atoms with Gasteiger partial charge in [0.05, 0.1) is 40.4 Å². The van der Waals surface area contributed by atoms with Crippen LogP contribution in [0.2, 0.25) is 5.02 Å². The minimum Gasteiger partial charge on any atom is -0.346 e. The molecule has 30 heavy (non-hydrogen) atoms. The van der Waals surface area contributed by atoms with Gasteiger partial charge in [-0.2, -0.15) is 5.10 Å². The maximum absolute atomic E-state index is 13.2. The van der Waals surface area contributed by atoms with Gasteiger partial charge in [-0.1, -0.05) is 35.9 Å². The number of fused-ring (bicyclic) bond motifs is 1. The van der Waals surface area contributed by atoms with Crippen LogP contribution in [0.1, 0.15) is 21.7 Å². The monoisotopic (exact) mass is 422 g/mol. The molecule has 1 amide bonds. The number of nitrogens with one attached hydrogen (secondary N) is 1. The van der Waals surface area contributed by atoms with Crippen LogP contribution in [0.25, 0.3) is 10.8 Å². The van der Waals surface area contributed by atoms with Gasteiger partial charge in [0.15, 0.2) is 0 Å². The molecule has 2 heterocycles. The predicted molar refractivity (Wildman–Crippen MR) is 112 cm³/mol. The lowest BCUT2D eigenvalue weighted by Crippen LogP contribution is -2.29. The van der Waals surface area contributed by atoms with Crippen molar-refractivity contribution in [1.29, 1.82) is 0 Å². The van der Waals surface area contributed by atoms with Crippen molar-refractivity contribution in [1.82, 2.24) is 20.1 Å². The summed E-state index contributed by atoms with van der Waals surface area (Å²) in [4.78, 5) is 29.6. The first kappa shape index (κ1) is 19.7. The second-order valence-corrected chi connectivity index (χ2v) is 6.99. The van der Waals surface area contributed by atoms with Crippen LogP contribution in [0.4, 0.5) is 4.39 Å². The molecule has 150 valence electrons. The van der Waals surface area contributed by atoms with Crippen molar-refractivity contribution in [2.24, 2.45) is 0 Å². The SMILES string of the molecule is O=C(NCc1nn(Cc2ccccn2)c(=O)c2ccccc12)c1ccc(F)cc1Cl. The van der Waals surface area contributed by atoms with Gasteiger partial charge in [0.1, 0.15) is 5.82 Å². The predicted octanol–water partition coefficient (Wildman–Crippen LogP) is 3.56. The molecule has 0 saturated carbocycles. The molecule has 0 unspecified atom stereocenters. The van der Waals surface area contributed by atoms with Crippen LogP contribution in [-0.2, 0) is 13.1 Å². The minimum atomic E-state index is -0.522. The summed E-state index contributed by atoms with van der Waals surface area (Å²) in [6, 6.07) is 16.1. The van der Waals surface area contributed by atoms with E-state index in [9.17, 15) is 14.0 Å². The largest absolute Gasteiger partial charge is 0.346 e. The molecule has 1 N–H and O–H groups in total. The number of pyridine rings is 1. The zero-order chi connectivity index (χ0) is 21.1. The molecule has 0 aliphatic heterocycles. The molecular weight excluding hydrogens is 407 g/mol. The Kier molecular flexibility index (Phi) is 5.54. The second-order valence-electron chi connectivity index (χ2n) is 6.58. The molecule has 0 spiro atoms. The van der Waals surface area contributed by atoms with Gasteiger partial charge >= 0.3 is 0 Å². The third kappa shape index (κ3) is 4.06. The van der Waals surface area contributed by atoms with E-state index in [0.29, 0.717) is 22.2 Å². The van der Waals surface area contributed by atoms with E-state index in [4.69, 9.17) is 11.6 Å². The first-order valence-corrected chi connectivity index (χ1v) is 9.52. The van der Waals surface area contributed by atoms with E-state index in [-0.39, 0.29) is 29.2 Å². The van der Waals surface area contributed by atoms with Gasteiger partial charge in [0.25, 0.3) is 11.5 Å². The summed E-state index contributed by atoms with van der Waals surface area (Å²) < 4.78 is 14.6. The second kappa shape index (κ2) is 8.42. The minimum absolute atomic E-state index is 0.0189. The van der Waals surface area contributed by atoms with E-state index < -0.39 is 11.7 Å². The Morgan fingerprint density at radius 3 is 2.57 bits per heavy atom. The van der Waals surface area contributed by atoms with Crippen molar-refractivity contribution < 1.29 is 9.18 Å². The summed E-state index contributed by atoms with van der Waals surface area (Å²) in [7, 11) is 0. The molecule has 0 radical (unpaired) electrons. The smallest absolute Gasteiger partial charge is 0.275 e. The van der Waals surface area contributed by atoms with E-state index in [1.807, 2.05) is 6.07 Å². The average Bonchev–Trinajstić information content (AvgIpc) is 2.75. The Labute approximate surface area is 176 Å². The summed E-state index contributed by atoms with van der Waals surface area (Å²) >= 11 is 5.97. The molecule has 0 atom stereocenters. The van der Waals surface area contributed by atoms with E-state index >= 15 is 0 Å². The Balaban J connectivity index is 1.66. The topological polar surface area (TPSA) is 76.9 Å². The van der Waals surface area contributed by atoms with E-state index in [1.54, 1.807) is 42.6 Å². The van der Waals surface area contributed by atoms with Gasteiger partial charge in [-0.25, -0.2) is 9.07 Å². The third-order valence-corrected chi connectivity index (χ3v) is 4.89. The van der Waals surface area contributed by atoms with Crippen molar-refractivity contribution in [3.05, 3.63) is 105 Å². The highest BCUT2D eigenvalue weighted by atomic mass is 35.5. The Morgan fingerprint density at radius 1 is 1.07 bits per heavy atom. The van der Waals surface area contributed by atoms with Crippen LogP contribution >= 0.6 is 11.6 Å². The summed E-state index contributed by atoms with van der Waals surface area (Å²) in [5, 5.41) is 8.35. The van der Waals surface area contributed by atoms with Crippen molar-refractivity contribution >= 4 is 28.3 Å². The van der Waals surface area contributed by atoms with Crippen molar-refractivity contribution in [2.45, 2.75) is 13.1 Å². The fourth-order valence-electron chi connectivity index (χ4n) is 3.12. The van der Waals surface area contributed by atoms with Crippen LogP contribution in [0.3, 0.4) is 0 Å². The van der Waals surface area contributed by atoms with Crippen molar-refractivity contribution in [2.75, 3.05) is 0 Å². The number of nitrogens with zero attached hydrogens (tertiary/aromatic N) is 3. The molecule has 0 saturated heterocycles. The number of amides is 1. The number of halogens is 2. The summed E-state index contributed by atoms with van der Waals surface area (Å²) in [5.41, 5.74) is 1.13. The van der Waals surface area contributed by atoms with Crippen molar-refractivity contribution in [3.63, 3.8) is 0 Å². The highest BCUT2D eigenvalue weighted by molar-refractivity contribution is 6.33.